The van der Waals surface area contributed by atoms with Gasteiger partial charge in [-0.05, 0) is 103 Å². The number of pyridine rings is 2. The molecule has 2 heterocycles. The second kappa shape index (κ2) is 15.6. The summed E-state index contributed by atoms with van der Waals surface area (Å²) >= 11 is 0. The summed E-state index contributed by atoms with van der Waals surface area (Å²) in [6.45, 7) is 6.17. The van der Waals surface area contributed by atoms with E-state index in [1.54, 1.807) is 0 Å². The quantitative estimate of drug-likeness (QED) is 0.130. The summed E-state index contributed by atoms with van der Waals surface area (Å²) in [5.41, 5.74) is 12.1. The van der Waals surface area contributed by atoms with Crippen molar-refractivity contribution in [2.24, 2.45) is 0 Å². The van der Waals surface area contributed by atoms with Crippen LogP contribution in [-0.2, 0) is 0 Å². The molecule has 4 heteroatoms. The lowest BCUT2D eigenvalue weighted by Gasteiger charge is -2.28. The predicted octanol–water partition coefficient (Wildman–Crippen LogP) is 12.7. The Labute approximate surface area is 300 Å². The Morgan fingerprint density at radius 3 is 1.49 bits per heavy atom. The molecule has 7 rings (SSSR count). The average Bonchev–Trinajstić information content (AvgIpc) is 3.21. The summed E-state index contributed by atoms with van der Waals surface area (Å²) in [5.74, 6) is 0. The number of benzene rings is 5. The molecule has 0 unspecified atom stereocenters. The Bertz CT molecular complexity index is 2250. The van der Waals surface area contributed by atoms with E-state index >= 15 is 0 Å². The minimum absolute atomic E-state index is 0.872. The van der Waals surface area contributed by atoms with Crippen molar-refractivity contribution in [3.8, 4) is 33.6 Å². The van der Waals surface area contributed by atoms with E-state index in [1.807, 2.05) is 55.7 Å². The molecule has 0 saturated heterocycles. The van der Waals surface area contributed by atoms with E-state index in [4.69, 9.17) is 9.97 Å². The van der Waals surface area contributed by atoms with Gasteiger partial charge in [0.1, 0.15) is 0 Å². The lowest BCUT2D eigenvalue weighted by Crippen LogP contribution is -2.16. The molecule has 0 bridgehead atoms. The molecule has 0 aliphatic heterocycles. The lowest BCUT2D eigenvalue weighted by atomic mass is 9.99. The summed E-state index contributed by atoms with van der Waals surface area (Å²) in [4.78, 5) is 14.3. The summed E-state index contributed by atoms with van der Waals surface area (Å²) < 4.78 is 0. The topological polar surface area (TPSA) is 32.3 Å². The fourth-order valence-electron chi connectivity index (χ4n) is 6.30. The second-order valence-corrected chi connectivity index (χ2v) is 11.9. The minimum atomic E-state index is 0.872. The Kier molecular flexibility index (Phi) is 10.0. The van der Waals surface area contributed by atoms with Gasteiger partial charge in [-0.3, -0.25) is 9.97 Å². The third kappa shape index (κ3) is 7.17. The largest absolute Gasteiger partial charge is 0.310 e. The number of hydrogen-bond acceptors (Lipinski definition) is 4. The maximum atomic E-state index is 4.90. The number of anilines is 5. The minimum Gasteiger partial charge on any atom is -0.310 e. The highest BCUT2D eigenvalue weighted by Crippen LogP contribution is 2.41. The van der Waals surface area contributed by atoms with Gasteiger partial charge in [-0.2, -0.15) is 0 Å². The maximum Gasteiger partial charge on any atom is 0.0729 e. The van der Waals surface area contributed by atoms with Gasteiger partial charge in [-0.15, -0.1) is 0 Å². The Morgan fingerprint density at radius 1 is 0.529 bits per heavy atom. The van der Waals surface area contributed by atoms with E-state index in [9.17, 15) is 0 Å². The van der Waals surface area contributed by atoms with Crippen LogP contribution >= 0.6 is 0 Å². The summed E-state index contributed by atoms with van der Waals surface area (Å²) in [6.07, 6.45) is 11.8. The molecule has 0 aliphatic rings. The van der Waals surface area contributed by atoms with Crippen molar-refractivity contribution in [3.05, 3.63) is 213 Å². The number of nitrogens with zero attached hydrogens (tertiary/aromatic N) is 4. The molecule has 2 aromatic heterocycles. The van der Waals surface area contributed by atoms with E-state index in [-0.39, 0.29) is 0 Å². The van der Waals surface area contributed by atoms with Gasteiger partial charge >= 0.3 is 0 Å². The van der Waals surface area contributed by atoms with E-state index in [0.717, 1.165) is 67.8 Å². The third-order valence-electron chi connectivity index (χ3n) is 8.66. The molecule has 5 aromatic carbocycles. The first-order valence-corrected chi connectivity index (χ1v) is 17.1. The summed E-state index contributed by atoms with van der Waals surface area (Å²) in [6, 6.07) is 56.6. The lowest BCUT2D eigenvalue weighted by molar-refractivity contribution is 1.20. The van der Waals surface area contributed by atoms with Crippen LogP contribution in [0.3, 0.4) is 0 Å². The van der Waals surface area contributed by atoms with Gasteiger partial charge in [0.05, 0.1) is 22.8 Å². The SMILES string of the molecule is C=C/C(=C\C=C/C)N(c1ccccc1)c1ccccc1-c1cc(-c2ccnc(-c3ccccc3N(c3ccccc3)c3ccccc3)c2)ccn1. The van der Waals surface area contributed by atoms with Crippen molar-refractivity contribution >= 4 is 28.4 Å². The van der Waals surface area contributed by atoms with Gasteiger partial charge in [0.25, 0.3) is 0 Å². The van der Waals surface area contributed by atoms with Crippen molar-refractivity contribution in [2.45, 2.75) is 6.92 Å². The summed E-state index contributed by atoms with van der Waals surface area (Å²) in [7, 11) is 0. The molecule has 0 amide bonds. The van der Waals surface area contributed by atoms with Gasteiger partial charge in [0.2, 0.25) is 0 Å². The molecule has 0 aliphatic carbocycles. The number of rotatable bonds is 11. The molecule has 246 valence electrons. The fraction of sp³-hybridized carbons (Fsp3) is 0.0213. The first kappa shape index (κ1) is 32.8. The summed E-state index contributed by atoms with van der Waals surface area (Å²) in [5, 5.41) is 0. The van der Waals surface area contributed by atoms with Crippen LogP contribution in [0.25, 0.3) is 33.6 Å². The van der Waals surface area contributed by atoms with E-state index in [0.29, 0.717) is 0 Å². The van der Waals surface area contributed by atoms with Crippen LogP contribution in [0.2, 0.25) is 0 Å². The molecule has 0 radical (unpaired) electrons. The van der Waals surface area contributed by atoms with Crippen LogP contribution < -0.4 is 9.80 Å². The fourth-order valence-corrected chi connectivity index (χ4v) is 6.30. The molecular formula is C47H38N4. The molecule has 0 atom stereocenters. The molecule has 0 N–H and O–H groups in total. The van der Waals surface area contributed by atoms with Gasteiger partial charge in [0, 0.05) is 46.3 Å². The normalized spacial score (nSPS) is 11.4. The van der Waals surface area contributed by atoms with E-state index in [1.165, 1.54) is 0 Å². The zero-order valence-electron chi connectivity index (χ0n) is 28.5. The number of para-hydroxylation sites is 5. The smallest absolute Gasteiger partial charge is 0.0729 e. The number of aromatic nitrogens is 2. The van der Waals surface area contributed by atoms with E-state index in [2.05, 4.69) is 168 Å². The van der Waals surface area contributed by atoms with Crippen LogP contribution in [0, 0.1) is 0 Å². The third-order valence-corrected chi connectivity index (χ3v) is 8.66. The van der Waals surface area contributed by atoms with Crippen molar-refractivity contribution < 1.29 is 0 Å². The monoisotopic (exact) mass is 658 g/mol. The van der Waals surface area contributed by atoms with Gasteiger partial charge < -0.3 is 9.80 Å². The molecule has 0 saturated carbocycles. The predicted molar refractivity (Wildman–Crippen MR) is 215 cm³/mol. The average molecular weight is 659 g/mol. The maximum absolute atomic E-state index is 4.90. The Hall–Kier alpha value is -6.78. The zero-order valence-corrected chi connectivity index (χ0v) is 28.5. The molecule has 7 aromatic rings. The van der Waals surface area contributed by atoms with Gasteiger partial charge in [-0.1, -0.05) is 110 Å². The van der Waals surface area contributed by atoms with Crippen molar-refractivity contribution in [2.75, 3.05) is 9.80 Å². The number of hydrogen-bond donors (Lipinski definition) is 0. The van der Waals surface area contributed by atoms with Gasteiger partial charge in [-0.25, -0.2) is 0 Å². The van der Waals surface area contributed by atoms with Crippen molar-refractivity contribution in [1.29, 1.82) is 0 Å². The first-order chi connectivity index (χ1) is 25.2. The van der Waals surface area contributed by atoms with Crippen LogP contribution in [0.4, 0.5) is 28.4 Å². The standard InChI is InChI=1S/C47H38N4/c1-3-5-19-38(4-2)50(39-20-9-6-10-21-39)46-28-17-15-26-42(46)44-34-36(30-32-48-44)37-31-33-49-45(35-37)43-27-16-18-29-47(43)51(40-22-11-7-12-23-40)41-24-13-8-14-25-41/h3-35H,2H2,1H3/b5-3-,38-19+. The second-order valence-electron chi connectivity index (χ2n) is 11.9. The zero-order chi connectivity index (χ0) is 34.8. The molecule has 51 heavy (non-hydrogen) atoms. The first-order valence-electron chi connectivity index (χ1n) is 17.1. The van der Waals surface area contributed by atoms with Crippen LogP contribution in [0.5, 0.6) is 0 Å². The van der Waals surface area contributed by atoms with Crippen LogP contribution in [-0.4, -0.2) is 9.97 Å². The molecule has 4 nitrogen and oxygen atoms in total. The van der Waals surface area contributed by atoms with Crippen LogP contribution in [0.1, 0.15) is 6.92 Å². The molecule has 0 spiro atoms. The van der Waals surface area contributed by atoms with Crippen molar-refractivity contribution in [3.63, 3.8) is 0 Å². The van der Waals surface area contributed by atoms with Gasteiger partial charge in [0.15, 0.2) is 0 Å². The highest BCUT2D eigenvalue weighted by Gasteiger charge is 2.20. The molecular weight excluding hydrogens is 621 g/mol. The molecule has 0 fully saturated rings. The van der Waals surface area contributed by atoms with Crippen LogP contribution in [0.15, 0.2) is 213 Å². The van der Waals surface area contributed by atoms with E-state index < -0.39 is 0 Å². The number of allylic oxidation sites excluding steroid dienone is 4. The Balaban J connectivity index is 1.31. The highest BCUT2D eigenvalue weighted by molar-refractivity contribution is 5.89. The Morgan fingerprint density at radius 2 is 0.980 bits per heavy atom. The highest BCUT2D eigenvalue weighted by atomic mass is 15.2. The van der Waals surface area contributed by atoms with Crippen molar-refractivity contribution in [1.82, 2.24) is 9.97 Å².